The molecule has 0 saturated heterocycles. The number of hydrogen-bond donors (Lipinski definition) is 2. The first-order valence-electron chi connectivity index (χ1n) is 6.33. The molecule has 100 valence electrons. The molecule has 4 nitrogen and oxygen atoms in total. The third kappa shape index (κ3) is 3.77. The molecule has 1 aromatic carbocycles. The summed E-state index contributed by atoms with van der Waals surface area (Å²) >= 11 is 0. The van der Waals surface area contributed by atoms with Crippen molar-refractivity contribution in [2.24, 2.45) is 5.84 Å². The van der Waals surface area contributed by atoms with E-state index in [4.69, 9.17) is 10.6 Å². The Hall–Kier alpha value is -1.91. The minimum atomic E-state index is 0.118. The first-order chi connectivity index (χ1) is 9.33. The van der Waals surface area contributed by atoms with E-state index in [-0.39, 0.29) is 6.04 Å². The van der Waals surface area contributed by atoms with Gasteiger partial charge >= 0.3 is 0 Å². The van der Waals surface area contributed by atoms with Crippen molar-refractivity contribution in [3.8, 4) is 5.75 Å². The van der Waals surface area contributed by atoms with Crippen molar-refractivity contribution in [3.05, 3.63) is 59.9 Å². The Morgan fingerprint density at radius 1 is 1.21 bits per heavy atom. The molecule has 0 saturated carbocycles. The van der Waals surface area contributed by atoms with E-state index in [2.05, 4.69) is 10.4 Å². The number of nitrogens with one attached hydrogen (secondary N) is 1. The zero-order valence-corrected chi connectivity index (χ0v) is 11.0. The average molecular weight is 257 g/mol. The number of ether oxygens (including phenoxy) is 1. The van der Waals surface area contributed by atoms with Crippen LogP contribution in [0.15, 0.2) is 48.7 Å². The fraction of sp³-hybridized carbons (Fsp3) is 0.267. The highest BCUT2D eigenvalue weighted by molar-refractivity contribution is 5.29. The van der Waals surface area contributed by atoms with Crippen molar-refractivity contribution >= 4 is 0 Å². The molecule has 1 heterocycles. The second-order valence-electron chi connectivity index (χ2n) is 4.35. The number of methoxy groups -OCH3 is 1. The third-order valence-corrected chi connectivity index (χ3v) is 3.13. The Morgan fingerprint density at radius 3 is 2.58 bits per heavy atom. The molecule has 2 aromatic rings. The summed E-state index contributed by atoms with van der Waals surface area (Å²) in [6, 6.07) is 14.0. The lowest BCUT2D eigenvalue weighted by Gasteiger charge is -2.16. The smallest absolute Gasteiger partial charge is 0.118 e. The van der Waals surface area contributed by atoms with Crippen molar-refractivity contribution in [2.45, 2.75) is 18.9 Å². The van der Waals surface area contributed by atoms with Gasteiger partial charge in [-0.3, -0.25) is 16.3 Å². The Labute approximate surface area is 113 Å². The summed E-state index contributed by atoms with van der Waals surface area (Å²) in [6.45, 7) is 0. The van der Waals surface area contributed by atoms with E-state index in [0.29, 0.717) is 0 Å². The van der Waals surface area contributed by atoms with Crippen molar-refractivity contribution in [1.29, 1.82) is 0 Å². The predicted octanol–water partition coefficient (Wildman–Crippen LogP) is 2.23. The van der Waals surface area contributed by atoms with Crippen LogP contribution in [0.25, 0.3) is 0 Å². The number of aromatic nitrogens is 1. The Balaban J connectivity index is 1.99. The van der Waals surface area contributed by atoms with Crippen LogP contribution in [0.2, 0.25) is 0 Å². The summed E-state index contributed by atoms with van der Waals surface area (Å²) in [5, 5.41) is 0. The van der Waals surface area contributed by atoms with Crippen LogP contribution >= 0.6 is 0 Å². The topological polar surface area (TPSA) is 60.2 Å². The Kier molecular flexibility index (Phi) is 4.89. The highest BCUT2D eigenvalue weighted by atomic mass is 16.5. The molecule has 3 N–H and O–H groups in total. The van der Waals surface area contributed by atoms with Gasteiger partial charge in [0.15, 0.2) is 0 Å². The molecule has 0 amide bonds. The van der Waals surface area contributed by atoms with E-state index in [1.54, 1.807) is 7.11 Å². The molecule has 1 unspecified atom stereocenters. The summed E-state index contributed by atoms with van der Waals surface area (Å²) in [5.41, 5.74) is 5.09. The van der Waals surface area contributed by atoms with Crippen LogP contribution in [0.4, 0.5) is 0 Å². The number of pyridine rings is 1. The van der Waals surface area contributed by atoms with Crippen LogP contribution in [-0.4, -0.2) is 12.1 Å². The molecule has 1 aromatic heterocycles. The maximum absolute atomic E-state index is 5.64. The van der Waals surface area contributed by atoms with Gasteiger partial charge in [-0.2, -0.15) is 0 Å². The van der Waals surface area contributed by atoms with Crippen LogP contribution in [-0.2, 0) is 6.42 Å². The summed E-state index contributed by atoms with van der Waals surface area (Å²) in [6.07, 6.45) is 3.61. The molecule has 1 atom stereocenters. The van der Waals surface area contributed by atoms with Crippen LogP contribution in [0.3, 0.4) is 0 Å². The molecule has 19 heavy (non-hydrogen) atoms. The minimum absolute atomic E-state index is 0.118. The second kappa shape index (κ2) is 6.87. The number of rotatable bonds is 6. The van der Waals surface area contributed by atoms with Crippen LogP contribution < -0.4 is 16.0 Å². The van der Waals surface area contributed by atoms with Crippen LogP contribution in [0.5, 0.6) is 5.75 Å². The predicted molar refractivity (Wildman–Crippen MR) is 75.6 cm³/mol. The summed E-state index contributed by atoms with van der Waals surface area (Å²) < 4.78 is 5.15. The molecule has 4 heteroatoms. The molecule has 0 aliphatic heterocycles. The molecule has 0 aliphatic carbocycles. The number of nitrogens with two attached hydrogens (primary N) is 1. The van der Waals surface area contributed by atoms with Crippen molar-refractivity contribution in [1.82, 2.24) is 10.4 Å². The quantitative estimate of drug-likeness (QED) is 0.615. The molecule has 0 radical (unpaired) electrons. The van der Waals surface area contributed by atoms with Crippen molar-refractivity contribution < 1.29 is 4.74 Å². The zero-order valence-electron chi connectivity index (χ0n) is 11.0. The lowest BCUT2D eigenvalue weighted by atomic mass is 10.0. The average Bonchev–Trinajstić information content (AvgIpc) is 2.49. The minimum Gasteiger partial charge on any atom is -0.497 e. The maximum atomic E-state index is 5.64. The van der Waals surface area contributed by atoms with E-state index in [0.717, 1.165) is 29.8 Å². The lowest BCUT2D eigenvalue weighted by Crippen LogP contribution is -2.28. The van der Waals surface area contributed by atoms with Gasteiger partial charge in [-0.25, -0.2) is 0 Å². The molecular weight excluding hydrogens is 238 g/mol. The van der Waals surface area contributed by atoms with Gasteiger partial charge in [-0.15, -0.1) is 0 Å². The van der Waals surface area contributed by atoms with E-state index in [1.165, 1.54) is 0 Å². The van der Waals surface area contributed by atoms with Gasteiger partial charge in [0.25, 0.3) is 0 Å². The SMILES string of the molecule is COc1ccc(C(CCc2ccccn2)NN)cc1. The summed E-state index contributed by atoms with van der Waals surface area (Å²) in [7, 11) is 1.66. The monoisotopic (exact) mass is 257 g/mol. The Morgan fingerprint density at radius 2 is 2.00 bits per heavy atom. The number of benzene rings is 1. The first kappa shape index (κ1) is 13.5. The lowest BCUT2D eigenvalue weighted by molar-refractivity contribution is 0.414. The number of nitrogens with zero attached hydrogens (tertiary/aromatic N) is 1. The van der Waals surface area contributed by atoms with Gasteiger partial charge in [0.1, 0.15) is 5.75 Å². The van der Waals surface area contributed by atoms with E-state index >= 15 is 0 Å². The maximum Gasteiger partial charge on any atom is 0.118 e. The van der Waals surface area contributed by atoms with Crippen molar-refractivity contribution in [2.75, 3.05) is 7.11 Å². The summed E-state index contributed by atoms with van der Waals surface area (Å²) in [4.78, 5) is 4.32. The fourth-order valence-corrected chi connectivity index (χ4v) is 2.02. The fourth-order valence-electron chi connectivity index (χ4n) is 2.02. The number of hydrazine groups is 1. The van der Waals surface area contributed by atoms with Crippen LogP contribution in [0.1, 0.15) is 23.7 Å². The van der Waals surface area contributed by atoms with Crippen molar-refractivity contribution in [3.63, 3.8) is 0 Å². The first-order valence-corrected chi connectivity index (χ1v) is 6.33. The largest absolute Gasteiger partial charge is 0.497 e. The highest BCUT2D eigenvalue weighted by Gasteiger charge is 2.10. The third-order valence-electron chi connectivity index (χ3n) is 3.13. The standard InChI is InChI=1S/C15H19N3O/c1-19-14-8-5-12(6-9-14)15(18-16)10-7-13-4-2-3-11-17-13/h2-6,8-9,11,15,18H,7,10,16H2,1H3. The normalized spacial score (nSPS) is 12.1. The number of aryl methyl sites for hydroxylation is 1. The Bertz CT molecular complexity index is 485. The van der Waals surface area contributed by atoms with Crippen LogP contribution in [0, 0.1) is 0 Å². The molecule has 0 spiro atoms. The highest BCUT2D eigenvalue weighted by Crippen LogP contribution is 2.20. The zero-order chi connectivity index (χ0) is 13.5. The second-order valence-corrected chi connectivity index (χ2v) is 4.35. The van der Waals surface area contributed by atoms with Gasteiger partial charge in [-0.1, -0.05) is 18.2 Å². The molecule has 2 rings (SSSR count). The van der Waals surface area contributed by atoms with Gasteiger partial charge < -0.3 is 4.74 Å². The van der Waals surface area contributed by atoms with E-state index in [9.17, 15) is 0 Å². The van der Waals surface area contributed by atoms with Gasteiger partial charge in [0.2, 0.25) is 0 Å². The molecule has 0 fully saturated rings. The van der Waals surface area contributed by atoms with Gasteiger partial charge in [0, 0.05) is 17.9 Å². The van der Waals surface area contributed by atoms with E-state index < -0.39 is 0 Å². The van der Waals surface area contributed by atoms with E-state index in [1.807, 2.05) is 48.7 Å². The van der Waals surface area contributed by atoms with Gasteiger partial charge in [0.05, 0.1) is 7.11 Å². The molecule has 0 aliphatic rings. The molecule has 0 bridgehead atoms. The summed E-state index contributed by atoms with van der Waals surface area (Å²) in [5.74, 6) is 6.49. The van der Waals surface area contributed by atoms with Gasteiger partial charge in [-0.05, 0) is 42.7 Å². The molecular formula is C15H19N3O. The number of hydrogen-bond acceptors (Lipinski definition) is 4.